The van der Waals surface area contributed by atoms with Crippen LogP contribution >= 0.6 is 0 Å². The molecule has 0 radical (unpaired) electrons. The zero-order valence-electron chi connectivity index (χ0n) is 6.13. The van der Waals surface area contributed by atoms with Crippen LogP contribution in [0.15, 0.2) is 12.2 Å². The SMILES string of the molecule is CC(C)C(=O)/C=C\C(N)=O. The van der Waals surface area contributed by atoms with Crippen LogP contribution in [0.2, 0.25) is 0 Å². The van der Waals surface area contributed by atoms with Crippen molar-refractivity contribution in [2.24, 2.45) is 11.7 Å². The molecule has 0 aliphatic carbocycles. The van der Waals surface area contributed by atoms with E-state index in [1.54, 1.807) is 13.8 Å². The predicted octanol–water partition coefficient (Wildman–Crippen LogP) is 0.253. The highest BCUT2D eigenvalue weighted by molar-refractivity contribution is 5.97. The lowest BCUT2D eigenvalue weighted by Gasteiger charge is -1.94. The molecule has 56 valence electrons. The molecule has 0 rings (SSSR count). The first-order valence-electron chi connectivity index (χ1n) is 3.05. The zero-order valence-corrected chi connectivity index (χ0v) is 6.13. The van der Waals surface area contributed by atoms with E-state index in [1.165, 1.54) is 6.08 Å². The zero-order chi connectivity index (χ0) is 8.15. The summed E-state index contributed by atoms with van der Waals surface area (Å²) in [6.07, 6.45) is 2.27. The summed E-state index contributed by atoms with van der Waals surface area (Å²) < 4.78 is 0. The highest BCUT2D eigenvalue weighted by atomic mass is 16.1. The van der Waals surface area contributed by atoms with Gasteiger partial charge in [-0.2, -0.15) is 0 Å². The highest BCUT2D eigenvalue weighted by Crippen LogP contribution is 1.94. The van der Waals surface area contributed by atoms with Gasteiger partial charge in [-0.1, -0.05) is 13.8 Å². The number of ketones is 1. The molecule has 0 bridgehead atoms. The third kappa shape index (κ3) is 3.83. The van der Waals surface area contributed by atoms with Gasteiger partial charge in [0.15, 0.2) is 5.78 Å². The Kier molecular flexibility index (Phi) is 3.39. The summed E-state index contributed by atoms with van der Waals surface area (Å²) in [4.78, 5) is 20.9. The van der Waals surface area contributed by atoms with Gasteiger partial charge in [-0.15, -0.1) is 0 Å². The fourth-order valence-corrected chi connectivity index (χ4v) is 0.357. The average molecular weight is 141 g/mol. The summed E-state index contributed by atoms with van der Waals surface area (Å²) in [7, 11) is 0. The van der Waals surface area contributed by atoms with Crippen LogP contribution in [0.1, 0.15) is 13.8 Å². The number of amides is 1. The second-order valence-electron chi connectivity index (χ2n) is 2.29. The Balaban J connectivity index is 3.90. The quantitative estimate of drug-likeness (QED) is 0.573. The van der Waals surface area contributed by atoms with E-state index in [-0.39, 0.29) is 11.7 Å². The Morgan fingerprint density at radius 3 is 2.10 bits per heavy atom. The number of hydrogen-bond donors (Lipinski definition) is 1. The molecule has 2 N–H and O–H groups in total. The summed E-state index contributed by atoms with van der Waals surface area (Å²) >= 11 is 0. The van der Waals surface area contributed by atoms with Crippen LogP contribution in [0.5, 0.6) is 0 Å². The van der Waals surface area contributed by atoms with E-state index in [1.807, 2.05) is 0 Å². The van der Waals surface area contributed by atoms with Gasteiger partial charge in [0.2, 0.25) is 5.91 Å². The molecule has 0 heterocycles. The van der Waals surface area contributed by atoms with Gasteiger partial charge in [0.05, 0.1) is 0 Å². The maximum Gasteiger partial charge on any atom is 0.241 e. The van der Waals surface area contributed by atoms with Crippen LogP contribution < -0.4 is 5.73 Å². The Bertz CT molecular complexity index is 170. The van der Waals surface area contributed by atoms with Crippen molar-refractivity contribution >= 4 is 11.7 Å². The molecule has 0 aromatic heterocycles. The van der Waals surface area contributed by atoms with Crippen LogP contribution in [0.25, 0.3) is 0 Å². The lowest BCUT2D eigenvalue weighted by atomic mass is 10.1. The minimum absolute atomic E-state index is 0.0735. The molecule has 0 aliphatic rings. The second kappa shape index (κ2) is 3.82. The number of nitrogens with two attached hydrogens (primary N) is 1. The van der Waals surface area contributed by atoms with Gasteiger partial charge in [-0.25, -0.2) is 0 Å². The Morgan fingerprint density at radius 2 is 1.80 bits per heavy atom. The number of allylic oxidation sites excluding steroid dienone is 1. The van der Waals surface area contributed by atoms with E-state index in [9.17, 15) is 9.59 Å². The van der Waals surface area contributed by atoms with Gasteiger partial charge in [0.25, 0.3) is 0 Å². The molecule has 3 nitrogen and oxygen atoms in total. The van der Waals surface area contributed by atoms with Gasteiger partial charge >= 0.3 is 0 Å². The van der Waals surface area contributed by atoms with E-state index in [2.05, 4.69) is 0 Å². The molecule has 0 saturated carbocycles. The van der Waals surface area contributed by atoms with Crippen LogP contribution in [0.4, 0.5) is 0 Å². The number of carbonyl (C=O) groups excluding carboxylic acids is 2. The third-order valence-corrected chi connectivity index (χ3v) is 0.981. The van der Waals surface area contributed by atoms with Gasteiger partial charge in [0, 0.05) is 12.0 Å². The summed E-state index contributed by atoms with van der Waals surface area (Å²) in [5.74, 6) is -0.747. The predicted molar refractivity (Wildman–Crippen MR) is 38.2 cm³/mol. The first-order chi connectivity index (χ1) is 4.54. The fraction of sp³-hybridized carbons (Fsp3) is 0.429. The number of hydrogen-bond acceptors (Lipinski definition) is 2. The first-order valence-corrected chi connectivity index (χ1v) is 3.05. The summed E-state index contributed by atoms with van der Waals surface area (Å²) in [5.41, 5.74) is 4.76. The van der Waals surface area contributed by atoms with Gasteiger partial charge < -0.3 is 5.73 Å². The maximum absolute atomic E-state index is 10.8. The number of primary amides is 1. The van der Waals surface area contributed by atoms with Crippen LogP contribution in [-0.2, 0) is 9.59 Å². The van der Waals surface area contributed by atoms with Crippen molar-refractivity contribution in [3.8, 4) is 0 Å². The third-order valence-electron chi connectivity index (χ3n) is 0.981. The fourth-order valence-electron chi connectivity index (χ4n) is 0.357. The second-order valence-corrected chi connectivity index (χ2v) is 2.29. The van der Waals surface area contributed by atoms with Gasteiger partial charge in [0.1, 0.15) is 0 Å². The summed E-state index contributed by atoms with van der Waals surface area (Å²) in [6.45, 7) is 3.52. The van der Waals surface area contributed by atoms with Crippen molar-refractivity contribution in [2.45, 2.75) is 13.8 Å². The van der Waals surface area contributed by atoms with Crippen molar-refractivity contribution in [3.63, 3.8) is 0 Å². The molecule has 0 aromatic carbocycles. The van der Waals surface area contributed by atoms with Crippen molar-refractivity contribution in [1.82, 2.24) is 0 Å². The minimum Gasteiger partial charge on any atom is -0.366 e. The molecule has 1 amide bonds. The molecule has 10 heavy (non-hydrogen) atoms. The molecular weight excluding hydrogens is 130 g/mol. The van der Waals surface area contributed by atoms with Crippen LogP contribution in [0, 0.1) is 5.92 Å². The van der Waals surface area contributed by atoms with E-state index in [0.717, 1.165) is 6.08 Å². The normalized spacial score (nSPS) is 10.7. The number of rotatable bonds is 3. The first kappa shape index (κ1) is 8.88. The van der Waals surface area contributed by atoms with Crippen molar-refractivity contribution < 1.29 is 9.59 Å². The molecule has 0 atom stereocenters. The van der Waals surface area contributed by atoms with Gasteiger partial charge in [-0.3, -0.25) is 9.59 Å². The smallest absolute Gasteiger partial charge is 0.241 e. The largest absolute Gasteiger partial charge is 0.366 e. The molecule has 0 saturated heterocycles. The molecule has 0 unspecified atom stereocenters. The molecule has 0 aromatic rings. The summed E-state index contributed by atoms with van der Waals surface area (Å²) in [5, 5.41) is 0. The van der Waals surface area contributed by atoms with Crippen LogP contribution in [0.3, 0.4) is 0 Å². The standard InChI is InChI=1S/C7H11NO2/c1-5(2)6(9)3-4-7(8)10/h3-5H,1-2H3,(H2,8,10)/b4-3-. The maximum atomic E-state index is 10.8. The van der Waals surface area contributed by atoms with E-state index in [4.69, 9.17) is 5.73 Å². The lowest BCUT2D eigenvalue weighted by molar-refractivity contribution is -0.118. The molecule has 0 aliphatic heterocycles. The minimum atomic E-state index is -0.589. The molecular formula is C7H11NO2. The van der Waals surface area contributed by atoms with E-state index < -0.39 is 5.91 Å². The van der Waals surface area contributed by atoms with Gasteiger partial charge in [-0.05, 0) is 6.08 Å². The Morgan fingerprint density at radius 1 is 1.30 bits per heavy atom. The van der Waals surface area contributed by atoms with Crippen molar-refractivity contribution in [3.05, 3.63) is 12.2 Å². The van der Waals surface area contributed by atoms with Crippen LogP contribution in [-0.4, -0.2) is 11.7 Å². The Labute approximate surface area is 59.9 Å². The Hall–Kier alpha value is -1.12. The summed E-state index contributed by atoms with van der Waals surface area (Å²) in [6, 6.07) is 0. The lowest BCUT2D eigenvalue weighted by Crippen LogP contribution is -2.08. The monoisotopic (exact) mass is 141 g/mol. The highest BCUT2D eigenvalue weighted by Gasteiger charge is 2.01. The number of carbonyl (C=O) groups is 2. The van der Waals surface area contributed by atoms with E-state index in [0.29, 0.717) is 0 Å². The molecule has 0 spiro atoms. The van der Waals surface area contributed by atoms with E-state index >= 15 is 0 Å². The average Bonchev–Trinajstić information content (AvgIpc) is 1.82. The molecule has 3 heteroatoms. The topological polar surface area (TPSA) is 60.2 Å². The molecule has 0 fully saturated rings. The van der Waals surface area contributed by atoms with Crippen molar-refractivity contribution in [2.75, 3.05) is 0 Å². The van der Waals surface area contributed by atoms with Crippen molar-refractivity contribution in [1.29, 1.82) is 0 Å².